The first-order valence-electron chi connectivity index (χ1n) is 11.8. The average molecular weight is 449 g/mol. The van der Waals surface area contributed by atoms with Gasteiger partial charge in [-0.25, -0.2) is 4.79 Å². The van der Waals surface area contributed by atoms with Gasteiger partial charge in [-0.1, -0.05) is 42.5 Å². The summed E-state index contributed by atoms with van der Waals surface area (Å²) in [7, 11) is 0. The van der Waals surface area contributed by atoms with Crippen LogP contribution in [0.2, 0.25) is 0 Å². The number of amides is 2. The summed E-state index contributed by atoms with van der Waals surface area (Å²) in [6, 6.07) is 18.2. The summed E-state index contributed by atoms with van der Waals surface area (Å²) < 4.78 is 0. The molecule has 0 radical (unpaired) electrons. The Morgan fingerprint density at radius 1 is 0.848 bits per heavy atom. The highest BCUT2D eigenvalue weighted by atomic mass is 16.4. The smallest absolute Gasteiger partial charge is 0.328 e. The summed E-state index contributed by atoms with van der Waals surface area (Å²) in [4.78, 5) is 36.3. The van der Waals surface area contributed by atoms with Gasteiger partial charge in [-0.3, -0.25) is 9.59 Å². The van der Waals surface area contributed by atoms with E-state index < -0.39 is 11.5 Å². The summed E-state index contributed by atoms with van der Waals surface area (Å²) in [5.74, 6) is -0.542. The zero-order valence-electron chi connectivity index (χ0n) is 19.2. The van der Waals surface area contributed by atoms with Crippen LogP contribution in [0.5, 0.6) is 0 Å². The van der Waals surface area contributed by atoms with Gasteiger partial charge in [0.05, 0.1) is 0 Å². The molecule has 6 heteroatoms. The Bertz CT molecular complexity index is 1010. The molecule has 0 aliphatic heterocycles. The minimum absolute atomic E-state index is 0.0413. The van der Waals surface area contributed by atoms with Crippen molar-refractivity contribution in [2.45, 2.75) is 63.3 Å². The van der Waals surface area contributed by atoms with Gasteiger partial charge >= 0.3 is 5.97 Å². The Labute approximate surface area is 194 Å². The Morgan fingerprint density at radius 2 is 1.48 bits per heavy atom. The number of anilines is 1. The van der Waals surface area contributed by atoms with Gasteiger partial charge in [0.2, 0.25) is 11.8 Å². The summed E-state index contributed by atoms with van der Waals surface area (Å²) in [6.45, 7) is 3.01. The second-order valence-corrected chi connectivity index (χ2v) is 9.94. The molecular weight excluding hydrogens is 416 g/mol. The molecule has 2 amide bonds. The first-order chi connectivity index (χ1) is 15.7. The van der Waals surface area contributed by atoms with E-state index in [9.17, 15) is 19.5 Å². The molecule has 0 spiro atoms. The number of carboxylic acid groups (broad SMARTS) is 1. The van der Waals surface area contributed by atoms with Crippen LogP contribution < -0.4 is 10.6 Å². The third-order valence-electron chi connectivity index (χ3n) is 7.07. The van der Waals surface area contributed by atoms with E-state index in [0.29, 0.717) is 11.8 Å². The Morgan fingerprint density at radius 3 is 2.09 bits per heavy atom. The highest BCUT2D eigenvalue weighted by molar-refractivity contribution is 5.95. The number of hydrogen-bond donors (Lipinski definition) is 3. The number of carboxylic acids is 1. The van der Waals surface area contributed by atoms with Gasteiger partial charge in [-0.15, -0.1) is 0 Å². The second kappa shape index (κ2) is 9.38. The van der Waals surface area contributed by atoms with E-state index >= 15 is 0 Å². The van der Waals surface area contributed by atoms with Gasteiger partial charge in [-0.05, 0) is 81.0 Å². The highest BCUT2D eigenvalue weighted by Gasteiger charge is 2.43. The van der Waals surface area contributed by atoms with E-state index in [1.165, 1.54) is 25.0 Å². The van der Waals surface area contributed by atoms with Crippen molar-refractivity contribution < 1.29 is 19.5 Å². The Balaban J connectivity index is 1.26. The van der Waals surface area contributed by atoms with Gasteiger partial charge in [-0.2, -0.15) is 0 Å². The summed E-state index contributed by atoms with van der Waals surface area (Å²) in [5.41, 5.74) is 2.00. The van der Waals surface area contributed by atoms with Crippen LogP contribution in [0.4, 0.5) is 5.69 Å². The van der Waals surface area contributed by atoms with Gasteiger partial charge in [0.1, 0.15) is 5.54 Å². The number of hydrogen-bond acceptors (Lipinski definition) is 3. The van der Waals surface area contributed by atoms with E-state index in [4.69, 9.17) is 0 Å². The van der Waals surface area contributed by atoms with Crippen molar-refractivity contribution >= 4 is 23.5 Å². The fourth-order valence-corrected chi connectivity index (χ4v) is 4.78. The highest BCUT2D eigenvalue weighted by Crippen LogP contribution is 2.48. The molecule has 2 aliphatic carbocycles. The zero-order valence-corrected chi connectivity index (χ0v) is 19.2. The minimum Gasteiger partial charge on any atom is -0.480 e. The van der Waals surface area contributed by atoms with Crippen LogP contribution in [0.3, 0.4) is 0 Å². The molecule has 0 bridgehead atoms. The SMILES string of the molecule is CC(C)(NC(=O)C1CCC(c2ccc(NC(=O)[C@H]3C[C@H]3c3ccccc3)cc2)CC1)C(=O)O. The Hall–Kier alpha value is -3.15. The molecule has 0 aromatic heterocycles. The third-order valence-corrected chi connectivity index (χ3v) is 7.07. The number of rotatable bonds is 7. The Kier molecular flexibility index (Phi) is 6.54. The minimum atomic E-state index is -1.25. The van der Waals surface area contributed by atoms with Crippen LogP contribution in [-0.2, 0) is 14.4 Å². The summed E-state index contributed by atoms with van der Waals surface area (Å²) in [5, 5.41) is 14.9. The monoisotopic (exact) mass is 448 g/mol. The van der Waals surface area contributed by atoms with Crippen molar-refractivity contribution in [1.29, 1.82) is 0 Å². The number of carbonyl (C=O) groups excluding carboxylic acids is 2. The van der Waals surface area contributed by atoms with E-state index in [0.717, 1.165) is 37.8 Å². The van der Waals surface area contributed by atoms with Crippen LogP contribution in [-0.4, -0.2) is 28.4 Å². The van der Waals surface area contributed by atoms with Gasteiger partial charge in [0.15, 0.2) is 0 Å². The van der Waals surface area contributed by atoms with Crippen molar-refractivity contribution in [3.05, 3.63) is 65.7 Å². The normalized spacial score (nSPS) is 24.5. The maximum atomic E-state index is 12.6. The predicted molar refractivity (Wildman–Crippen MR) is 127 cm³/mol. The van der Waals surface area contributed by atoms with Crippen LogP contribution in [0.25, 0.3) is 0 Å². The number of carbonyl (C=O) groups is 3. The molecule has 2 aromatic carbocycles. The molecule has 33 heavy (non-hydrogen) atoms. The molecule has 3 N–H and O–H groups in total. The molecule has 2 atom stereocenters. The molecule has 2 aliphatic rings. The lowest BCUT2D eigenvalue weighted by molar-refractivity contribution is -0.146. The second-order valence-electron chi connectivity index (χ2n) is 9.94. The van der Waals surface area contributed by atoms with Crippen molar-refractivity contribution in [3.63, 3.8) is 0 Å². The molecule has 0 saturated heterocycles. The lowest BCUT2D eigenvalue weighted by Gasteiger charge is -2.30. The van der Waals surface area contributed by atoms with E-state index in [-0.39, 0.29) is 23.7 Å². The molecular formula is C27H32N2O4. The molecule has 4 rings (SSSR count). The topological polar surface area (TPSA) is 95.5 Å². The summed E-state index contributed by atoms with van der Waals surface area (Å²) in [6.07, 6.45) is 4.16. The molecule has 0 heterocycles. The largest absolute Gasteiger partial charge is 0.480 e. The van der Waals surface area contributed by atoms with Crippen LogP contribution in [0.1, 0.15) is 68.9 Å². The predicted octanol–water partition coefficient (Wildman–Crippen LogP) is 4.68. The molecule has 174 valence electrons. The average Bonchev–Trinajstić information content (AvgIpc) is 3.61. The quantitative estimate of drug-likeness (QED) is 0.573. The van der Waals surface area contributed by atoms with Crippen molar-refractivity contribution in [3.8, 4) is 0 Å². The van der Waals surface area contributed by atoms with Crippen molar-refractivity contribution in [1.82, 2.24) is 5.32 Å². The fourth-order valence-electron chi connectivity index (χ4n) is 4.78. The first kappa shape index (κ1) is 23.0. The summed E-state index contributed by atoms with van der Waals surface area (Å²) >= 11 is 0. The van der Waals surface area contributed by atoms with E-state index in [2.05, 4.69) is 34.9 Å². The maximum absolute atomic E-state index is 12.6. The van der Waals surface area contributed by atoms with Crippen LogP contribution >= 0.6 is 0 Å². The molecule has 2 fully saturated rings. The zero-order chi connectivity index (χ0) is 23.6. The first-order valence-corrected chi connectivity index (χ1v) is 11.8. The number of nitrogens with one attached hydrogen (secondary N) is 2. The lowest BCUT2D eigenvalue weighted by atomic mass is 9.78. The molecule has 2 saturated carbocycles. The van der Waals surface area contributed by atoms with Crippen LogP contribution in [0, 0.1) is 11.8 Å². The third kappa shape index (κ3) is 5.44. The maximum Gasteiger partial charge on any atom is 0.328 e. The van der Waals surface area contributed by atoms with E-state index in [1.54, 1.807) is 0 Å². The van der Waals surface area contributed by atoms with Crippen molar-refractivity contribution in [2.75, 3.05) is 5.32 Å². The number of aliphatic carboxylic acids is 1. The number of benzene rings is 2. The van der Waals surface area contributed by atoms with E-state index in [1.807, 2.05) is 30.3 Å². The molecule has 6 nitrogen and oxygen atoms in total. The molecule has 0 unspecified atom stereocenters. The van der Waals surface area contributed by atoms with Crippen molar-refractivity contribution in [2.24, 2.45) is 11.8 Å². The standard InChI is InChI=1S/C27H32N2O4/c1-27(2,26(32)33)29-24(30)20-10-8-17(9-11-20)18-12-14-21(15-13-18)28-25(31)23-16-22(23)19-6-4-3-5-7-19/h3-7,12-15,17,20,22-23H,8-11,16H2,1-2H3,(H,28,31)(H,29,30)(H,32,33)/t17?,20?,22-,23-/m0/s1. The lowest BCUT2D eigenvalue weighted by Crippen LogP contribution is -2.51. The van der Waals surface area contributed by atoms with Crippen LogP contribution in [0.15, 0.2) is 54.6 Å². The molecule has 2 aromatic rings. The van der Waals surface area contributed by atoms with Gasteiger partial charge < -0.3 is 15.7 Å². The van der Waals surface area contributed by atoms with Gasteiger partial charge in [0.25, 0.3) is 0 Å². The fraction of sp³-hybridized carbons (Fsp3) is 0.444. The van der Waals surface area contributed by atoms with Gasteiger partial charge in [0, 0.05) is 17.5 Å².